The van der Waals surface area contributed by atoms with E-state index in [1.807, 2.05) is 26.0 Å². The summed E-state index contributed by atoms with van der Waals surface area (Å²) >= 11 is 0. The third kappa shape index (κ3) is 5.42. The van der Waals surface area contributed by atoms with Gasteiger partial charge in [0.05, 0.1) is 17.6 Å². The monoisotopic (exact) mass is 264 g/mol. The highest BCUT2D eigenvalue weighted by Gasteiger charge is 2.10. The Bertz CT molecular complexity index is 444. The van der Waals surface area contributed by atoms with Crippen molar-refractivity contribution in [3.8, 4) is 5.75 Å². The SMILES string of the molecule is C/C=C/CCNc1cc(OCCC)cc([N+](=O)[O-])c1. The van der Waals surface area contributed by atoms with E-state index in [0.29, 0.717) is 18.0 Å². The third-order valence-electron chi connectivity index (χ3n) is 2.45. The lowest BCUT2D eigenvalue weighted by atomic mass is 10.2. The molecule has 0 heterocycles. The van der Waals surface area contributed by atoms with Crippen molar-refractivity contribution in [1.82, 2.24) is 0 Å². The van der Waals surface area contributed by atoms with Gasteiger partial charge in [0.25, 0.3) is 5.69 Å². The van der Waals surface area contributed by atoms with E-state index in [4.69, 9.17) is 4.74 Å². The molecule has 0 amide bonds. The second-order valence-corrected chi connectivity index (χ2v) is 4.11. The van der Waals surface area contributed by atoms with Crippen molar-refractivity contribution in [2.24, 2.45) is 0 Å². The number of nitrogens with one attached hydrogen (secondary N) is 1. The van der Waals surface area contributed by atoms with E-state index < -0.39 is 4.92 Å². The Morgan fingerprint density at radius 3 is 2.84 bits per heavy atom. The van der Waals surface area contributed by atoms with Gasteiger partial charge in [-0.3, -0.25) is 10.1 Å². The molecule has 0 fully saturated rings. The number of benzene rings is 1. The lowest BCUT2D eigenvalue weighted by Crippen LogP contribution is -2.02. The highest BCUT2D eigenvalue weighted by molar-refractivity contribution is 5.56. The van der Waals surface area contributed by atoms with Gasteiger partial charge in [0.2, 0.25) is 0 Å². The van der Waals surface area contributed by atoms with Crippen LogP contribution in [0.3, 0.4) is 0 Å². The van der Waals surface area contributed by atoms with E-state index >= 15 is 0 Å². The summed E-state index contributed by atoms with van der Waals surface area (Å²) in [5, 5.41) is 14.0. The fourth-order valence-corrected chi connectivity index (χ4v) is 1.56. The average Bonchev–Trinajstić information content (AvgIpc) is 2.41. The molecule has 104 valence electrons. The molecule has 0 radical (unpaired) electrons. The Morgan fingerprint density at radius 2 is 2.21 bits per heavy atom. The molecular weight excluding hydrogens is 244 g/mol. The van der Waals surface area contributed by atoms with E-state index in [0.717, 1.165) is 19.4 Å². The number of anilines is 1. The van der Waals surface area contributed by atoms with Crippen molar-refractivity contribution >= 4 is 11.4 Å². The quantitative estimate of drug-likeness (QED) is 0.336. The molecule has 0 aliphatic carbocycles. The zero-order valence-electron chi connectivity index (χ0n) is 11.4. The molecule has 0 atom stereocenters. The van der Waals surface area contributed by atoms with Crippen LogP contribution in [0.1, 0.15) is 26.7 Å². The summed E-state index contributed by atoms with van der Waals surface area (Å²) < 4.78 is 5.46. The van der Waals surface area contributed by atoms with E-state index in [-0.39, 0.29) is 5.69 Å². The maximum atomic E-state index is 10.9. The molecule has 0 aliphatic heterocycles. The molecule has 1 rings (SSSR count). The second kappa shape index (κ2) is 8.13. The normalized spacial score (nSPS) is 10.6. The lowest BCUT2D eigenvalue weighted by Gasteiger charge is -2.09. The predicted octanol–water partition coefficient (Wildman–Crippen LogP) is 3.76. The van der Waals surface area contributed by atoms with Gasteiger partial charge in [-0.15, -0.1) is 0 Å². The van der Waals surface area contributed by atoms with Gasteiger partial charge in [0.1, 0.15) is 5.75 Å². The van der Waals surface area contributed by atoms with Crippen LogP contribution in [0.4, 0.5) is 11.4 Å². The van der Waals surface area contributed by atoms with E-state index in [2.05, 4.69) is 5.32 Å². The molecule has 0 aliphatic rings. The summed E-state index contributed by atoms with van der Waals surface area (Å²) in [5.74, 6) is 0.532. The van der Waals surface area contributed by atoms with Crippen LogP contribution in [0.2, 0.25) is 0 Å². The van der Waals surface area contributed by atoms with Crippen LogP contribution in [-0.4, -0.2) is 18.1 Å². The number of hydrogen-bond donors (Lipinski definition) is 1. The molecule has 1 aromatic rings. The second-order valence-electron chi connectivity index (χ2n) is 4.11. The van der Waals surface area contributed by atoms with Gasteiger partial charge in [-0.2, -0.15) is 0 Å². The largest absolute Gasteiger partial charge is 0.493 e. The van der Waals surface area contributed by atoms with Gasteiger partial charge in [-0.25, -0.2) is 0 Å². The molecule has 0 saturated carbocycles. The molecule has 1 aromatic carbocycles. The van der Waals surface area contributed by atoms with Crippen LogP contribution >= 0.6 is 0 Å². The van der Waals surface area contributed by atoms with E-state index in [1.165, 1.54) is 12.1 Å². The Kier molecular flexibility index (Phi) is 6.43. The smallest absolute Gasteiger partial charge is 0.275 e. The average molecular weight is 264 g/mol. The Hall–Kier alpha value is -2.04. The lowest BCUT2D eigenvalue weighted by molar-refractivity contribution is -0.384. The van der Waals surface area contributed by atoms with Crippen molar-refractivity contribution in [2.75, 3.05) is 18.5 Å². The molecule has 5 nitrogen and oxygen atoms in total. The summed E-state index contributed by atoms with van der Waals surface area (Å²) in [7, 11) is 0. The fraction of sp³-hybridized carbons (Fsp3) is 0.429. The number of hydrogen-bond acceptors (Lipinski definition) is 4. The van der Waals surface area contributed by atoms with Crippen molar-refractivity contribution in [1.29, 1.82) is 0 Å². The van der Waals surface area contributed by atoms with Crippen molar-refractivity contribution < 1.29 is 9.66 Å². The Balaban J connectivity index is 2.77. The highest BCUT2D eigenvalue weighted by atomic mass is 16.6. The molecule has 0 aromatic heterocycles. The van der Waals surface area contributed by atoms with Crippen molar-refractivity contribution in [3.05, 3.63) is 40.5 Å². The minimum absolute atomic E-state index is 0.0436. The van der Waals surface area contributed by atoms with Crippen LogP contribution in [-0.2, 0) is 0 Å². The number of nitrogens with zero attached hydrogens (tertiary/aromatic N) is 1. The van der Waals surface area contributed by atoms with Gasteiger partial charge >= 0.3 is 0 Å². The number of ether oxygens (including phenoxy) is 1. The minimum atomic E-state index is -0.407. The molecule has 0 saturated heterocycles. The zero-order valence-corrected chi connectivity index (χ0v) is 11.4. The number of allylic oxidation sites excluding steroid dienone is 1. The number of nitro groups is 1. The van der Waals surface area contributed by atoms with E-state index in [9.17, 15) is 10.1 Å². The maximum Gasteiger partial charge on any atom is 0.275 e. The first-order valence-corrected chi connectivity index (χ1v) is 6.44. The summed E-state index contributed by atoms with van der Waals surface area (Å²) in [6, 6.07) is 4.76. The molecule has 19 heavy (non-hydrogen) atoms. The third-order valence-corrected chi connectivity index (χ3v) is 2.45. The van der Waals surface area contributed by atoms with Crippen LogP contribution in [0.25, 0.3) is 0 Å². The molecule has 0 bridgehead atoms. The molecule has 5 heteroatoms. The first kappa shape index (κ1) is 15.0. The topological polar surface area (TPSA) is 64.4 Å². The van der Waals surface area contributed by atoms with Gasteiger partial charge in [-0.1, -0.05) is 19.1 Å². The Morgan fingerprint density at radius 1 is 1.42 bits per heavy atom. The first-order valence-electron chi connectivity index (χ1n) is 6.44. The Labute approximate surface area is 113 Å². The molecular formula is C14H20N2O3. The van der Waals surface area contributed by atoms with Crippen LogP contribution in [0.5, 0.6) is 5.75 Å². The van der Waals surface area contributed by atoms with Gasteiger partial charge in [-0.05, 0) is 19.8 Å². The molecule has 0 spiro atoms. The van der Waals surface area contributed by atoms with Gasteiger partial charge < -0.3 is 10.1 Å². The highest BCUT2D eigenvalue weighted by Crippen LogP contribution is 2.26. The summed E-state index contributed by atoms with van der Waals surface area (Å²) in [5.41, 5.74) is 0.756. The zero-order chi connectivity index (χ0) is 14.1. The number of non-ortho nitro benzene ring substituents is 1. The predicted molar refractivity (Wildman–Crippen MR) is 76.8 cm³/mol. The standard InChI is InChI=1S/C14H20N2O3/c1-3-5-6-7-15-12-9-13(16(17)18)11-14(10-12)19-8-4-2/h3,5,9-11,15H,4,6-8H2,1-2H3/b5-3+. The van der Waals surface area contributed by atoms with Crippen LogP contribution < -0.4 is 10.1 Å². The fourth-order valence-electron chi connectivity index (χ4n) is 1.56. The van der Waals surface area contributed by atoms with Crippen molar-refractivity contribution in [3.63, 3.8) is 0 Å². The molecule has 1 N–H and O–H groups in total. The maximum absolute atomic E-state index is 10.9. The minimum Gasteiger partial charge on any atom is -0.493 e. The summed E-state index contributed by atoms with van der Waals surface area (Å²) in [4.78, 5) is 10.5. The van der Waals surface area contributed by atoms with Gasteiger partial charge in [0.15, 0.2) is 0 Å². The summed E-state index contributed by atoms with van der Waals surface area (Å²) in [6.45, 7) is 5.25. The number of nitro benzene ring substituents is 1. The molecule has 0 unspecified atom stereocenters. The van der Waals surface area contributed by atoms with Crippen molar-refractivity contribution in [2.45, 2.75) is 26.7 Å². The van der Waals surface area contributed by atoms with Crippen LogP contribution in [0, 0.1) is 10.1 Å². The number of rotatable bonds is 8. The summed E-state index contributed by atoms with van der Waals surface area (Å²) in [6.07, 6.45) is 5.76. The first-order chi connectivity index (χ1) is 9.17. The van der Waals surface area contributed by atoms with E-state index in [1.54, 1.807) is 6.07 Å². The van der Waals surface area contributed by atoms with Crippen LogP contribution in [0.15, 0.2) is 30.4 Å². The van der Waals surface area contributed by atoms with Gasteiger partial charge in [0, 0.05) is 24.4 Å².